The highest BCUT2D eigenvalue weighted by atomic mass is 79.9. The minimum Gasteiger partial charge on any atom is -0.338 e. The maximum Gasteiger partial charge on any atom is 0.153 e. The van der Waals surface area contributed by atoms with E-state index in [1.807, 2.05) is 24.4 Å². The van der Waals surface area contributed by atoms with Crippen LogP contribution in [-0.2, 0) is 0 Å². The van der Waals surface area contributed by atoms with E-state index in [4.69, 9.17) is 4.98 Å². The first kappa shape index (κ1) is 11.9. The van der Waals surface area contributed by atoms with Crippen molar-refractivity contribution in [2.75, 3.05) is 0 Å². The standard InChI is InChI=1S/C13H6Br3N3/c14-6-4-7-10(9(16)5-6)17-13-11(7)18-12-8(15)2-1-3-19(12)13/h1-5,17H. The molecule has 19 heavy (non-hydrogen) atoms. The summed E-state index contributed by atoms with van der Waals surface area (Å²) in [6, 6.07) is 8.10. The molecule has 0 aliphatic carbocycles. The first-order valence-corrected chi connectivity index (χ1v) is 7.96. The fourth-order valence-corrected chi connectivity index (χ4v) is 4.10. The summed E-state index contributed by atoms with van der Waals surface area (Å²) in [6.45, 7) is 0. The van der Waals surface area contributed by atoms with Crippen LogP contribution in [-0.4, -0.2) is 14.4 Å². The average molecular weight is 444 g/mol. The number of benzene rings is 1. The molecule has 3 aromatic heterocycles. The number of hydrogen-bond donors (Lipinski definition) is 1. The van der Waals surface area contributed by atoms with Gasteiger partial charge in [0.1, 0.15) is 11.2 Å². The Hall–Kier alpha value is -0.850. The van der Waals surface area contributed by atoms with Gasteiger partial charge in [-0.3, -0.25) is 4.40 Å². The van der Waals surface area contributed by atoms with Crippen molar-refractivity contribution in [2.24, 2.45) is 0 Å². The summed E-state index contributed by atoms with van der Waals surface area (Å²) in [7, 11) is 0. The molecule has 1 aromatic carbocycles. The number of aromatic nitrogens is 3. The normalized spacial score (nSPS) is 11.9. The van der Waals surface area contributed by atoms with Gasteiger partial charge in [-0.1, -0.05) is 15.9 Å². The van der Waals surface area contributed by atoms with E-state index in [-0.39, 0.29) is 0 Å². The molecule has 0 bridgehead atoms. The van der Waals surface area contributed by atoms with Crippen LogP contribution in [0.5, 0.6) is 0 Å². The van der Waals surface area contributed by atoms with E-state index in [0.29, 0.717) is 0 Å². The Morgan fingerprint density at radius 2 is 1.95 bits per heavy atom. The van der Waals surface area contributed by atoms with Crippen LogP contribution < -0.4 is 0 Å². The molecule has 3 nitrogen and oxygen atoms in total. The first-order chi connectivity index (χ1) is 9.15. The zero-order chi connectivity index (χ0) is 13.1. The Kier molecular flexibility index (Phi) is 2.56. The molecule has 0 saturated heterocycles. The predicted molar refractivity (Wildman–Crippen MR) is 87.7 cm³/mol. The second-order valence-electron chi connectivity index (χ2n) is 4.29. The number of halogens is 3. The SMILES string of the molecule is Brc1cc(Br)c2[nH]c3c(nc4c(Br)cccn43)c2c1. The van der Waals surface area contributed by atoms with E-state index in [1.54, 1.807) is 0 Å². The number of hydrogen-bond acceptors (Lipinski definition) is 1. The van der Waals surface area contributed by atoms with Crippen LogP contribution in [0, 0.1) is 0 Å². The summed E-state index contributed by atoms with van der Waals surface area (Å²) in [5.41, 5.74) is 3.96. The highest BCUT2D eigenvalue weighted by Gasteiger charge is 2.14. The maximum absolute atomic E-state index is 4.73. The summed E-state index contributed by atoms with van der Waals surface area (Å²) in [5.74, 6) is 0. The summed E-state index contributed by atoms with van der Waals surface area (Å²) in [4.78, 5) is 8.16. The van der Waals surface area contributed by atoms with E-state index >= 15 is 0 Å². The van der Waals surface area contributed by atoms with Gasteiger partial charge in [0.15, 0.2) is 5.65 Å². The van der Waals surface area contributed by atoms with Crippen molar-refractivity contribution in [2.45, 2.75) is 0 Å². The van der Waals surface area contributed by atoms with Crippen LogP contribution in [0.2, 0.25) is 0 Å². The Labute approximate surface area is 133 Å². The molecule has 0 aliphatic rings. The van der Waals surface area contributed by atoms with Crippen LogP contribution in [0.4, 0.5) is 0 Å². The molecule has 0 atom stereocenters. The second-order valence-corrected chi connectivity index (χ2v) is 6.92. The average Bonchev–Trinajstić information content (AvgIpc) is 2.88. The molecule has 0 radical (unpaired) electrons. The van der Waals surface area contributed by atoms with E-state index in [1.165, 1.54) is 0 Å². The summed E-state index contributed by atoms with van der Waals surface area (Å²) in [5, 5.41) is 1.10. The van der Waals surface area contributed by atoms with Crippen LogP contribution in [0.1, 0.15) is 0 Å². The molecular weight excluding hydrogens is 438 g/mol. The molecule has 1 N–H and O–H groups in total. The molecule has 0 unspecified atom stereocenters. The fourth-order valence-electron chi connectivity index (χ4n) is 2.35. The van der Waals surface area contributed by atoms with Gasteiger partial charge in [-0.25, -0.2) is 4.98 Å². The van der Waals surface area contributed by atoms with Crippen molar-refractivity contribution in [3.8, 4) is 0 Å². The lowest BCUT2D eigenvalue weighted by atomic mass is 10.2. The Bertz CT molecular complexity index is 952. The van der Waals surface area contributed by atoms with Gasteiger partial charge in [0.25, 0.3) is 0 Å². The smallest absolute Gasteiger partial charge is 0.153 e. The molecule has 0 spiro atoms. The monoisotopic (exact) mass is 441 g/mol. The lowest BCUT2D eigenvalue weighted by molar-refractivity contribution is 1.19. The van der Waals surface area contributed by atoms with Crippen LogP contribution in [0.3, 0.4) is 0 Å². The Balaban J connectivity index is 2.30. The van der Waals surface area contributed by atoms with Crippen LogP contribution in [0.15, 0.2) is 43.9 Å². The van der Waals surface area contributed by atoms with Crippen molar-refractivity contribution in [1.29, 1.82) is 0 Å². The van der Waals surface area contributed by atoms with Gasteiger partial charge in [0, 0.05) is 20.5 Å². The number of nitrogens with one attached hydrogen (secondary N) is 1. The predicted octanol–water partition coefficient (Wildman–Crippen LogP) is 5.26. The van der Waals surface area contributed by atoms with E-state index in [2.05, 4.69) is 63.2 Å². The minimum absolute atomic E-state index is 0.918. The largest absolute Gasteiger partial charge is 0.338 e. The molecule has 0 saturated carbocycles. The summed E-state index contributed by atoms with van der Waals surface area (Å²) in [6.07, 6.45) is 2.01. The minimum atomic E-state index is 0.918. The van der Waals surface area contributed by atoms with Crippen molar-refractivity contribution in [3.63, 3.8) is 0 Å². The molecule has 3 heterocycles. The van der Waals surface area contributed by atoms with Gasteiger partial charge in [-0.05, 0) is 56.1 Å². The van der Waals surface area contributed by atoms with E-state index in [0.717, 1.165) is 41.1 Å². The molecule has 4 rings (SSSR count). The highest BCUT2D eigenvalue weighted by Crippen LogP contribution is 2.34. The van der Waals surface area contributed by atoms with Gasteiger partial charge < -0.3 is 4.98 Å². The fraction of sp³-hybridized carbons (Fsp3) is 0. The van der Waals surface area contributed by atoms with Crippen molar-refractivity contribution in [3.05, 3.63) is 43.9 Å². The van der Waals surface area contributed by atoms with Crippen molar-refractivity contribution < 1.29 is 0 Å². The topological polar surface area (TPSA) is 33.1 Å². The van der Waals surface area contributed by atoms with Gasteiger partial charge >= 0.3 is 0 Å². The quantitative estimate of drug-likeness (QED) is 0.395. The van der Waals surface area contributed by atoms with Gasteiger partial charge in [0.2, 0.25) is 0 Å². The van der Waals surface area contributed by atoms with Gasteiger partial charge in [-0.2, -0.15) is 0 Å². The zero-order valence-corrected chi connectivity index (χ0v) is 14.2. The summed E-state index contributed by atoms with van der Waals surface area (Å²) >= 11 is 10.6. The molecule has 4 aromatic rings. The van der Waals surface area contributed by atoms with Gasteiger partial charge in [0.05, 0.1) is 9.99 Å². The third-order valence-corrected chi connectivity index (χ3v) is 4.86. The van der Waals surface area contributed by atoms with Crippen molar-refractivity contribution >= 4 is 75.5 Å². The molecule has 0 aliphatic heterocycles. The number of pyridine rings is 1. The Morgan fingerprint density at radius 1 is 1.11 bits per heavy atom. The number of nitrogens with zero attached hydrogens (tertiary/aromatic N) is 2. The lowest BCUT2D eigenvalue weighted by Gasteiger charge is -1.97. The third-order valence-electron chi connectivity index (χ3n) is 3.16. The number of H-pyrrole nitrogens is 1. The first-order valence-electron chi connectivity index (χ1n) is 5.58. The number of aromatic amines is 1. The third kappa shape index (κ3) is 1.63. The number of imidazole rings is 1. The summed E-state index contributed by atoms with van der Waals surface area (Å²) < 4.78 is 5.10. The van der Waals surface area contributed by atoms with Gasteiger partial charge in [-0.15, -0.1) is 0 Å². The van der Waals surface area contributed by atoms with E-state index in [9.17, 15) is 0 Å². The van der Waals surface area contributed by atoms with E-state index < -0.39 is 0 Å². The second kappa shape index (κ2) is 4.07. The number of rotatable bonds is 0. The van der Waals surface area contributed by atoms with Crippen molar-refractivity contribution in [1.82, 2.24) is 14.4 Å². The zero-order valence-electron chi connectivity index (χ0n) is 9.42. The molecular formula is C13H6Br3N3. The van der Waals surface area contributed by atoms with Crippen LogP contribution >= 0.6 is 47.8 Å². The Morgan fingerprint density at radius 3 is 2.79 bits per heavy atom. The van der Waals surface area contributed by atoms with Crippen LogP contribution in [0.25, 0.3) is 27.7 Å². The molecule has 6 heteroatoms. The maximum atomic E-state index is 4.73. The lowest BCUT2D eigenvalue weighted by Crippen LogP contribution is -1.85. The molecule has 0 fully saturated rings. The molecule has 94 valence electrons. The highest BCUT2D eigenvalue weighted by molar-refractivity contribution is 9.11. The molecule has 0 amide bonds. The number of fused-ring (bicyclic) bond motifs is 5.